The van der Waals surface area contributed by atoms with Gasteiger partial charge in [-0.25, -0.2) is 8.78 Å². The van der Waals surface area contributed by atoms with Crippen LogP contribution in [-0.2, 0) is 0 Å². The molecule has 1 saturated carbocycles. The highest BCUT2D eigenvalue weighted by Crippen LogP contribution is 2.70. The summed E-state index contributed by atoms with van der Waals surface area (Å²) >= 11 is 0. The van der Waals surface area contributed by atoms with Gasteiger partial charge in [0.1, 0.15) is 0 Å². The second-order valence-electron chi connectivity index (χ2n) is 4.89. The van der Waals surface area contributed by atoms with Crippen molar-refractivity contribution in [1.29, 1.82) is 0 Å². The monoisotopic (exact) mass is 189 g/mol. The predicted octanol–water partition coefficient (Wildman–Crippen LogP) is 0.852. The smallest absolute Gasteiger partial charge is 0.255 e. The number of rotatable bonds is 1. The van der Waals surface area contributed by atoms with Crippen LogP contribution in [0, 0.1) is 5.41 Å². The maximum absolute atomic E-state index is 13.1. The molecule has 0 aromatic heterocycles. The average molecular weight is 189 g/mol. The van der Waals surface area contributed by atoms with Gasteiger partial charge in [0.05, 0.1) is 12.0 Å². The summed E-state index contributed by atoms with van der Waals surface area (Å²) in [5, 5.41) is 9.19. The van der Waals surface area contributed by atoms with Crippen LogP contribution in [0.4, 0.5) is 8.78 Å². The van der Waals surface area contributed by atoms with E-state index in [2.05, 4.69) is 0 Å². The fourth-order valence-corrected chi connectivity index (χ4v) is 3.06. The molecule has 13 heavy (non-hydrogen) atoms. The lowest BCUT2D eigenvalue weighted by atomic mass is 9.83. The molecule has 1 unspecified atom stereocenters. The van der Waals surface area contributed by atoms with Gasteiger partial charge >= 0.3 is 0 Å². The van der Waals surface area contributed by atoms with Gasteiger partial charge in [-0.1, -0.05) is 0 Å². The summed E-state index contributed by atoms with van der Waals surface area (Å²) in [6.45, 7) is 1.43. The summed E-state index contributed by atoms with van der Waals surface area (Å²) in [6, 6.07) is 0. The van der Waals surface area contributed by atoms with Crippen molar-refractivity contribution in [1.82, 2.24) is 4.90 Å². The summed E-state index contributed by atoms with van der Waals surface area (Å²) in [5.41, 5.74) is -1.02. The lowest BCUT2D eigenvalue weighted by Gasteiger charge is -2.46. The minimum atomic E-state index is -2.45. The van der Waals surface area contributed by atoms with Crippen molar-refractivity contribution < 1.29 is 13.9 Å². The molecule has 4 heteroatoms. The third-order valence-electron chi connectivity index (χ3n) is 4.18. The van der Waals surface area contributed by atoms with E-state index in [1.165, 1.54) is 0 Å². The molecule has 3 fully saturated rings. The molecular formula is C9H13F2NO. The molecule has 2 heterocycles. The van der Waals surface area contributed by atoms with Gasteiger partial charge in [-0.2, -0.15) is 0 Å². The van der Waals surface area contributed by atoms with Gasteiger partial charge in [0.15, 0.2) is 0 Å². The highest BCUT2D eigenvalue weighted by Gasteiger charge is 2.77. The minimum Gasteiger partial charge on any atom is -0.394 e. The van der Waals surface area contributed by atoms with Gasteiger partial charge in [-0.15, -0.1) is 0 Å². The van der Waals surface area contributed by atoms with Gasteiger partial charge in [-0.05, 0) is 12.8 Å². The van der Waals surface area contributed by atoms with Crippen LogP contribution >= 0.6 is 0 Å². The Balaban J connectivity index is 1.86. The molecule has 3 aliphatic rings. The van der Waals surface area contributed by atoms with Crippen LogP contribution in [0.25, 0.3) is 0 Å². The third kappa shape index (κ3) is 0.749. The second kappa shape index (κ2) is 1.91. The van der Waals surface area contributed by atoms with Crippen molar-refractivity contribution in [2.24, 2.45) is 5.41 Å². The van der Waals surface area contributed by atoms with Crippen molar-refractivity contribution in [2.45, 2.75) is 30.7 Å². The molecule has 1 spiro atoms. The number of nitrogens with zero attached hydrogens (tertiary/aromatic N) is 1. The lowest BCUT2D eigenvalue weighted by Crippen LogP contribution is -2.57. The maximum atomic E-state index is 13.1. The number of hydrogen-bond acceptors (Lipinski definition) is 2. The molecule has 0 amide bonds. The Hall–Kier alpha value is -0.220. The molecule has 2 aliphatic heterocycles. The number of hydrogen-bond donors (Lipinski definition) is 1. The molecule has 1 aliphatic carbocycles. The summed E-state index contributed by atoms with van der Waals surface area (Å²) in [6.07, 6.45) is 1.43. The third-order valence-corrected chi connectivity index (χ3v) is 4.18. The zero-order chi connectivity index (χ0) is 9.32. The molecule has 0 radical (unpaired) electrons. The van der Waals surface area contributed by atoms with Gasteiger partial charge in [0.2, 0.25) is 0 Å². The van der Waals surface area contributed by atoms with E-state index in [0.717, 1.165) is 13.0 Å². The first-order valence-electron chi connectivity index (χ1n) is 4.78. The van der Waals surface area contributed by atoms with Crippen molar-refractivity contribution in [3.63, 3.8) is 0 Å². The highest BCUT2D eigenvalue weighted by molar-refractivity contribution is 5.23. The summed E-state index contributed by atoms with van der Waals surface area (Å²) in [5.74, 6) is -2.45. The standard InChI is InChI=1S/C9H13F2NO/c10-9(11)4-7(9)3-8(6-13)1-2-12(8)5-7/h13H,1-6H2/t7-,8?/m1/s1. The van der Waals surface area contributed by atoms with Crippen molar-refractivity contribution in [3.05, 3.63) is 0 Å². The summed E-state index contributed by atoms with van der Waals surface area (Å²) < 4.78 is 26.1. The Morgan fingerprint density at radius 3 is 2.31 bits per heavy atom. The Labute approximate surface area is 75.5 Å². The van der Waals surface area contributed by atoms with E-state index < -0.39 is 11.3 Å². The van der Waals surface area contributed by atoms with E-state index >= 15 is 0 Å². The van der Waals surface area contributed by atoms with Crippen LogP contribution in [0.5, 0.6) is 0 Å². The van der Waals surface area contributed by atoms with Crippen LogP contribution in [0.1, 0.15) is 19.3 Å². The lowest BCUT2D eigenvalue weighted by molar-refractivity contribution is -0.0190. The maximum Gasteiger partial charge on any atom is 0.255 e. The van der Waals surface area contributed by atoms with Crippen molar-refractivity contribution in [2.75, 3.05) is 19.7 Å². The number of alkyl halides is 2. The van der Waals surface area contributed by atoms with Crippen LogP contribution in [0.2, 0.25) is 0 Å². The number of halogens is 2. The first-order chi connectivity index (χ1) is 6.04. The van der Waals surface area contributed by atoms with Crippen LogP contribution in [-0.4, -0.2) is 41.2 Å². The molecule has 0 aromatic rings. The molecule has 2 nitrogen and oxygen atoms in total. The van der Waals surface area contributed by atoms with E-state index in [0.29, 0.717) is 13.0 Å². The molecule has 74 valence electrons. The van der Waals surface area contributed by atoms with Crippen molar-refractivity contribution >= 4 is 0 Å². The Kier molecular flexibility index (Phi) is 1.19. The van der Waals surface area contributed by atoms with Crippen molar-refractivity contribution in [3.8, 4) is 0 Å². The quantitative estimate of drug-likeness (QED) is 0.661. The fourth-order valence-electron chi connectivity index (χ4n) is 3.06. The first kappa shape index (κ1) is 8.12. The normalized spacial score (nSPS) is 51.9. The van der Waals surface area contributed by atoms with E-state index in [-0.39, 0.29) is 18.6 Å². The zero-order valence-electron chi connectivity index (χ0n) is 7.39. The second-order valence-corrected chi connectivity index (χ2v) is 4.89. The molecular weight excluding hydrogens is 176 g/mol. The highest BCUT2D eigenvalue weighted by atomic mass is 19.3. The van der Waals surface area contributed by atoms with Gasteiger partial charge in [-0.3, -0.25) is 4.90 Å². The van der Waals surface area contributed by atoms with Crippen LogP contribution in [0.15, 0.2) is 0 Å². The van der Waals surface area contributed by atoms with Crippen LogP contribution in [0.3, 0.4) is 0 Å². The van der Waals surface area contributed by atoms with Gasteiger partial charge < -0.3 is 5.11 Å². The molecule has 2 saturated heterocycles. The Morgan fingerprint density at radius 1 is 1.31 bits per heavy atom. The largest absolute Gasteiger partial charge is 0.394 e. The van der Waals surface area contributed by atoms with Gasteiger partial charge in [0.25, 0.3) is 5.92 Å². The zero-order valence-corrected chi connectivity index (χ0v) is 7.39. The molecule has 3 rings (SSSR count). The Bertz CT molecular complexity index is 266. The molecule has 0 bridgehead atoms. The molecule has 1 N–H and O–H groups in total. The number of aliphatic hydroxyl groups excluding tert-OH is 1. The summed E-state index contributed by atoms with van der Waals surface area (Å²) in [4.78, 5) is 2.04. The molecule has 0 aromatic carbocycles. The predicted molar refractivity (Wildman–Crippen MR) is 42.6 cm³/mol. The Morgan fingerprint density at radius 2 is 2.00 bits per heavy atom. The number of aliphatic hydroxyl groups is 1. The van der Waals surface area contributed by atoms with E-state index in [1.54, 1.807) is 0 Å². The molecule has 2 atom stereocenters. The SMILES string of the molecule is OCC12CCN1C[C@@]1(C2)CC1(F)F. The summed E-state index contributed by atoms with van der Waals surface area (Å²) in [7, 11) is 0. The first-order valence-corrected chi connectivity index (χ1v) is 4.78. The van der Waals surface area contributed by atoms with Gasteiger partial charge in [0, 0.05) is 25.0 Å². The topological polar surface area (TPSA) is 23.5 Å². The van der Waals surface area contributed by atoms with E-state index in [1.807, 2.05) is 4.90 Å². The number of fused-ring (bicyclic) bond motifs is 1. The van der Waals surface area contributed by atoms with E-state index in [9.17, 15) is 13.9 Å². The minimum absolute atomic E-state index is 0.0399. The van der Waals surface area contributed by atoms with Crippen LogP contribution < -0.4 is 0 Å². The average Bonchev–Trinajstić information content (AvgIpc) is 2.50. The van der Waals surface area contributed by atoms with E-state index in [4.69, 9.17) is 0 Å². The fraction of sp³-hybridized carbons (Fsp3) is 1.00.